The minimum absolute atomic E-state index is 0.0295. The van der Waals surface area contributed by atoms with E-state index in [4.69, 9.17) is 0 Å². The van der Waals surface area contributed by atoms with E-state index in [1.54, 1.807) is 12.3 Å². The van der Waals surface area contributed by atoms with Crippen molar-refractivity contribution in [3.63, 3.8) is 0 Å². The monoisotopic (exact) mass is 329 g/mol. The zero-order valence-corrected chi connectivity index (χ0v) is 13.2. The lowest BCUT2D eigenvalue weighted by Crippen LogP contribution is -2.12. The zero-order valence-electron chi connectivity index (χ0n) is 13.2. The number of carbonyl (C=O) groups excluding carboxylic acids is 1. The van der Waals surface area contributed by atoms with E-state index >= 15 is 0 Å². The molecule has 0 fully saturated rings. The number of halogens is 2. The lowest BCUT2D eigenvalue weighted by molar-refractivity contribution is -0.118. The molecule has 0 bridgehead atoms. The zero-order chi connectivity index (χ0) is 17.1. The number of ketones is 1. The van der Waals surface area contributed by atoms with Gasteiger partial charge in [0.25, 0.3) is 6.43 Å². The fourth-order valence-corrected chi connectivity index (χ4v) is 2.83. The van der Waals surface area contributed by atoms with Crippen molar-refractivity contribution in [1.82, 2.24) is 9.97 Å². The van der Waals surface area contributed by atoms with Gasteiger partial charge in [-0.2, -0.15) is 0 Å². The minimum Gasteiger partial charge on any atom is -0.299 e. The highest BCUT2D eigenvalue weighted by Crippen LogP contribution is 2.23. The van der Waals surface area contributed by atoms with Gasteiger partial charge in [0.1, 0.15) is 11.5 Å². The number of carbonyl (C=O) groups is 1. The molecule has 6 heteroatoms. The fraction of sp³-hybridized carbons (Fsp3) is 0.333. The molecule has 1 aliphatic heterocycles. The number of pyridine rings is 2. The average molecular weight is 329 g/mol. The molecule has 0 saturated heterocycles. The Morgan fingerprint density at radius 2 is 2.12 bits per heavy atom. The predicted molar refractivity (Wildman–Crippen MR) is 86.5 cm³/mol. The Balaban J connectivity index is 1.64. The number of hydrogen-bond donors (Lipinski definition) is 0. The molecular weight excluding hydrogens is 312 g/mol. The van der Waals surface area contributed by atoms with Crippen molar-refractivity contribution in [2.75, 3.05) is 0 Å². The molecule has 0 unspecified atom stereocenters. The molecule has 0 aromatic carbocycles. The predicted octanol–water partition coefficient (Wildman–Crippen LogP) is 3.35. The Morgan fingerprint density at radius 3 is 2.83 bits per heavy atom. The third-order valence-corrected chi connectivity index (χ3v) is 4.05. The normalized spacial score (nSPS) is 14.4. The van der Waals surface area contributed by atoms with E-state index in [-0.39, 0.29) is 30.4 Å². The number of hydrogen-bond acceptors (Lipinski definition) is 4. The van der Waals surface area contributed by atoms with Crippen LogP contribution in [-0.4, -0.2) is 27.9 Å². The molecule has 0 saturated carbocycles. The summed E-state index contributed by atoms with van der Waals surface area (Å²) < 4.78 is 25.6. The summed E-state index contributed by atoms with van der Waals surface area (Å²) in [5, 5.41) is 0. The highest BCUT2D eigenvalue weighted by molar-refractivity contribution is 6.05. The van der Waals surface area contributed by atoms with Gasteiger partial charge in [0.05, 0.1) is 6.54 Å². The lowest BCUT2D eigenvalue weighted by atomic mass is 9.97. The van der Waals surface area contributed by atoms with Gasteiger partial charge in [-0.3, -0.25) is 19.8 Å². The summed E-state index contributed by atoms with van der Waals surface area (Å²) in [6, 6.07) is 7.33. The smallest absolute Gasteiger partial charge is 0.280 e. The first-order valence-corrected chi connectivity index (χ1v) is 7.78. The average Bonchev–Trinajstić information content (AvgIpc) is 2.99. The molecule has 2 aromatic rings. The Morgan fingerprint density at radius 1 is 1.29 bits per heavy atom. The van der Waals surface area contributed by atoms with Crippen LogP contribution in [0.4, 0.5) is 8.78 Å². The van der Waals surface area contributed by atoms with Gasteiger partial charge in [-0.05, 0) is 23.8 Å². The van der Waals surface area contributed by atoms with E-state index < -0.39 is 6.43 Å². The molecule has 0 N–H and O–H groups in total. The van der Waals surface area contributed by atoms with Gasteiger partial charge in [0.2, 0.25) is 0 Å². The van der Waals surface area contributed by atoms with Crippen molar-refractivity contribution in [2.45, 2.75) is 38.7 Å². The second kappa shape index (κ2) is 6.95. The largest absolute Gasteiger partial charge is 0.299 e. The van der Waals surface area contributed by atoms with Crippen LogP contribution in [0, 0.1) is 0 Å². The van der Waals surface area contributed by atoms with Crippen LogP contribution < -0.4 is 0 Å². The van der Waals surface area contributed by atoms with E-state index in [2.05, 4.69) is 15.0 Å². The molecule has 3 rings (SSSR count). The van der Waals surface area contributed by atoms with Crippen LogP contribution in [0.5, 0.6) is 0 Å². The summed E-state index contributed by atoms with van der Waals surface area (Å²) in [6.07, 6.45) is 1.07. The van der Waals surface area contributed by atoms with Crippen LogP contribution in [0.1, 0.15) is 41.8 Å². The highest BCUT2D eigenvalue weighted by atomic mass is 19.3. The number of fused-ring (bicyclic) bond motifs is 1. The number of aliphatic imine (C=N–C) groups is 1. The number of rotatable bonds is 6. The van der Waals surface area contributed by atoms with Gasteiger partial charge < -0.3 is 0 Å². The van der Waals surface area contributed by atoms with Gasteiger partial charge >= 0.3 is 0 Å². The molecule has 0 radical (unpaired) electrons. The Hall–Kier alpha value is -2.50. The van der Waals surface area contributed by atoms with Gasteiger partial charge in [-0.1, -0.05) is 13.0 Å². The van der Waals surface area contributed by atoms with Gasteiger partial charge in [0.15, 0.2) is 0 Å². The Labute approximate surface area is 138 Å². The maximum atomic E-state index is 12.8. The number of Topliss-reactive ketones (excluding diaryl/α,β-unsaturated/α-hetero) is 1. The summed E-state index contributed by atoms with van der Waals surface area (Å²) in [5.41, 5.74) is 2.36. The molecule has 0 spiro atoms. The summed E-state index contributed by atoms with van der Waals surface area (Å²) in [5.74, 6) is 0.0792. The van der Waals surface area contributed by atoms with Crippen LogP contribution in [0.3, 0.4) is 0 Å². The maximum absolute atomic E-state index is 12.8. The van der Waals surface area contributed by atoms with Gasteiger partial charge in [-0.25, -0.2) is 8.78 Å². The van der Waals surface area contributed by atoms with Crippen molar-refractivity contribution < 1.29 is 13.6 Å². The first-order valence-electron chi connectivity index (χ1n) is 7.78. The van der Waals surface area contributed by atoms with Crippen molar-refractivity contribution in [1.29, 1.82) is 0 Å². The van der Waals surface area contributed by atoms with Crippen molar-refractivity contribution >= 4 is 11.5 Å². The third-order valence-electron chi connectivity index (χ3n) is 4.05. The third kappa shape index (κ3) is 3.53. The first kappa shape index (κ1) is 16.4. The SMILES string of the molecule is C[C@@H](CC(=O)Cc1cc2c(cn1)C(C(F)F)=NC2)c1ccccn1. The summed E-state index contributed by atoms with van der Waals surface area (Å²) in [6.45, 7) is 2.18. The molecular formula is C18H17F2N3O. The summed E-state index contributed by atoms with van der Waals surface area (Å²) in [7, 11) is 0. The van der Waals surface area contributed by atoms with Crippen LogP contribution >= 0.6 is 0 Å². The van der Waals surface area contributed by atoms with Crippen molar-refractivity contribution in [2.24, 2.45) is 4.99 Å². The Bertz CT molecular complexity index is 775. The van der Waals surface area contributed by atoms with Gasteiger partial charge in [0, 0.05) is 48.1 Å². The van der Waals surface area contributed by atoms with Crippen molar-refractivity contribution in [3.05, 3.63) is 59.2 Å². The summed E-state index contributed by atoms with van der Waals surface area (Å²) >= 11 is 0. The maximum Gasteiger partial charge on any atom is 0.280 e. The number of nitrogens with zero attached hydrogens (tertiary/aromatic N) is 3. The second-order valence-electron chi connectivity index (χ2n) is 5.91. The molecule has 24 heavy (non-hydrogen) atoms. The fourth-order valence-electron chi connectivity index (χ4n) is 2.83. The quantitative estimate of drug-likeness (QED) is 0.816. The van der Waals surface area contributed by atoms with E-state index in [1.807, 2.05) is 25.1 Å². The van der Waals surface area contributed by atoms with Crippen LogP contribution in [0.15, 0.2) is 41.7 Å². The minimum atomic E-state index is -2.60. The molecule has 2 aromatic heterocycles. The topological polar surface area (TPSA) is 55.2 Å². The molecule has 4 nitrogen and oxygen atoms in total. The molecule has 124 valence electrons. The van der Waals surface area contributed by atoms with Crippen LogP contribution in [0.25, 0.3) is 0 Å². The molecule has 0 aliphatic carbocycles. The standard InChI is InChI=1S/C18H17F2N3O/c1-11(16-4-2-3-5-21-16)6-14(24)8-13-7-12-9-23-17(18(19)20)15(12)10-22-13/h2-5,7,10-11,18H,6,8-9H2,1H3/t11-/m0/s1. The van der Waals surface area contributed by atoms with Gasteiger partial charge in [-0.15, -0.1) is 0 Å². The number of alkyl halides is 2. The second-order valence-corrected chi connectivity index (χ2v) is 5.91. The molecule has 3 heterocycles. The molecule has 0 amide bonds. The van der Waals surface area contributed by atoms with Crippen LogP contribution in [-0.2, 0) is 17.8 Å². The van der Waals surface area contributed by atoms with E-state index in [1.165, 1.54) is 6.20 Å². The highest BCUT2D eigenvalue weighted by Gasteiger charge is 2.24. The first-order chi connectivity index (χ1) is 11.5. The molecule has 1 aliphatic rings. The lowest BCUT2D eigenvalue weighted by Gasteiger charge is -2.10. The van der Waals surface area contributed by atoms with Crippen molar-refractivity contribution in [3.8, 4) is 0 Å². The summed E-state index contributed by atoms with van der Waals surface area (Å²) in [4.78, 5) is 24.5. The van der Waals surface area contributed by atoms with E-state index in [9.17, 15) is 13.6 Å². The van der Waals surface area contributed by atoms with E-state index in [0.717, 1.165) is 5.69 Å². The van der Waals surface area contributed by atoms with Crippen LogP contribution in [0.2, 0.25) is 0 Å². The molecule has 1 atom stereocenters. The number of aromatic nitrogens is 2. The van der Waals surface area contributed by atoms with E-state index in [0.29, 0.717) is 23.2 Å². The Kier molecular flexibility index (Phi) is 4.74.